The Hall–Kier alpha value is -1.81. The third kappa shape index (κ3) is 3.47. The van der Waals surface area contributed by atoms with Gasteiger partial charge in [-0.3, -0.25) is 4.79 Å². The Morgan fingerprint density at radius 1 is 1.10 bits per heavy atom. The second-order valence-electron chi connectivity index (χ2n) is 8.25. The van der Waals surface area contributed by atoms with Gasteiger partial charge in [0.1, 0.15) is 17.0 Å². The Morgan fingerprint density at radius 3 is 2.47 bits per heavy atom. The predicted octanol–water partition coefficient (Wildman–Crippen LogP) is 2.12. The first-order valence-electron chi connectivity index (χ1n) is 10.9. The Balaban J connectivity index is 1.38. The van der Waals surface area contributed by atoms with E-state index in [9.17, 15) is 4.79 Å². The molecule has 5 rings (SSSR count). The normalized spacial score (nSPS) is 22.3. The number of amides is 1. The molecule has 1 amide bonds. The van der Waals surface area contributed by atoms with E-state index in [0.29, 0.717) is 26.3 Å². The topological polar surface area (TPSA) is 71.0 Å². The number of aromatic nitrogens is 2. The molecule has 0 radical (unpaired) electrons. The van der Waals surface area contributed by atoms with E-state index >= 15 is 0 Å². The second kappa shape index (κ2) is 8.03. The first-order valence-corrected chi connectivity index (χ1v) is 11.7. The lowest BCUT2D eigenvalue weighted by Gasteiger charge is -2.37. The highest BCUT2D eigenvalue weighted by atomic mass is 32.1. The molecule has 5 heterocycles. The number of likely N-dealkylation sites (N-methyl/N-ethyl adjacent to an activating group) is 1. The quantitative estimate of drug-likeness (QED) is 0.737. The molecule has 3 fully saturated rings. The lowest BCUT2D eigenvalue weighted by molar-refractivity contribution is -0.181. The van der Waals surface area contributed by atoms with Crippen molar-refractivity contribution in [2.45, 2.75) is 32.5 Å². The summed E-state index contributed by atoms with van der Waals surface area (Å²) < 4.78 is 11.6. The minimum absolute atomic E-state index is 0.0881. The number of hydrogen-bond donors (Lipinski definition) is 0. The molecule has 3 aliphatic heterocycles. The van der Waals surface area contributed by atoms with Gasteiger partial charge in [-0.05, 0) is 19.0 Å². The van der Waals surface area contributed by atoms with Crippen LogP contribution in [0, 0.1) is 6.92 Å². The van der Waals surface area contributed by atoms with Crippen molar-refractivity contribution in [3.05, 3.63) is 16.8 Å². The van der Waals surface area contributed by atoms with Crippen LogP contribution in [0.3, 0.4) is 0 Å². The van der Waals surface area contributed by atoms with Gasteiger partial charge in [0.2, 0.25) is 0 Å². The fourth-order valence-corrected chi connectivity index (χ4v) is 5.86. The van der Waals surface area contributed by atoms with Crippen molar-refractivity contribution < 1.29 is 14.3 Å². The molecular formula is C21H29N5O3S. The minimum atomic E-state index is -0.467. The van der Waals surface area contributed by atoms with Gasteiger partial charge in [0, 0.05) is 52.1 Å². The Kier molecular flexibility index (Phi) is 5.38. The van der Waals surface area contributed by atoms with Crippen LogP contribution in [0.15, 0.2) is 6.33 Å². The van der Waals surface area contributed by atoms with E-state index in [0.717, 1.165) is 72.0 Å². The van der Waals surface area contributed by atoms with Crippen molar-refractivity contribution in [3.8, 4) is 0 Å². The third-order valence-electron chi connectivity index (χ3n) is 6.65. The molecule has 2 aromatic heterocycles. The Labute approximate surface area is 180 Å². The van der Waals surface area contributed by atoms with Gasteiger partial charge in [-0.25, -0.2) is 9.97 Å². The van der Waals surface area contributed by atoms with Crippen molar-refractivity contribution in [2.24, 2.45) is 0 Å². The molecule has 0 unspecified atom stereocenters. The number of carbonyl (C=O) groups is 1. The number of ether oxygens (including phenoxy) is 2. The highest BCUT2D eigenvalue weighted by Gasteiger charge is 2.41. The zero-order chi connectivity index (χ0) is 20.7. The molecule has 1 spiro atoms. The summed E-state index contributed by atoms with van der Waals surface area (Å²) in [5.74, 6) is 0.588. The monoisotopic (exact) mass is 431 g/mol. The molecule has 0 N–H and O–H groups in total. The fourth-order valence-electron chi connectivity index (χ4n) is 4.75. The number of carbonyl (C=O) groups excluding carboxylic acids is 1. The van der Waals surface area contributed by atoms with E-state index in [1.165, 1.54) is 11.3 Å². The third-order valence-corrected chi connectivity index (χ3v) is 7.83. The average Bonchev–Trinajstić information content (AvgIpc) is 3.38. The number of piperidine rings is 1. The van der Waals surface area contributed by atoms with Gasteiger partial charge in [0.05, 0.1) is 23.5 Å². The summed E-state index contributed by atoms with van der Waals surface area (Å²) in [6.45, 7) is 11.9. The van der Waals surface area contributed by atoms with Crippen LogP contribution < -0.4 is 4.90 Å². The number of nitrogens with zero attached hydrogens (tertiary/aromatic N) is 5. The van der Waals surface area contributed by atoms with Crippen LogP contribution >= 0.6 is 11.3 Å². The zero-order valence-electron chi connectivity index (χ0n) is 17.7. The van der Waals surface area contributed by atoms with Crippen LogP contribution in [-0.4, -0.2) is 90.5 Å². The smallest absolute Gasteiger partial charge is 0.264 e. The van der Waals surface area contributed by atoms with Gasteiger partial charge in [-0.15, -0.1) is 11.3 Å². The number of likely N-dealkylation sites (tertiary alicyclic amines) is 1. The number of fused-ring (bicyclic) bond motifs is 1. The number of thiophene rings is 1. The largest absolute Gasteiger partial charge is 0.353 e. The number of hydrogen-bond acceptors (Lipinski definition) is 8. The van der Waals surface area contributed by atoms with Gasteiger partial charge in [-0.1, -0.05) is 6.92 Å². The molecule has 162 valence electrons. The van der Waals surface area contributed by atoms with Gasteiger partial charge in [0.15, 0.2) is 5.79 Å². The number of aryl methyl sites for hydroxylation is 1. The Bertz CT molecular complexity index is 924. The molecule has 0 saturated carbocycles. The van der Waals surface area contributed by atoms with Crippen LogP contribution in [0.25, 0.3) is 10.2 Å². The second-order valence-corrected chi connectivity index (χ2v) is 9.25. The van der Waals surface area contributed by atoms with Crippen LogP contribution in [0.4, 0.5) is 5.82 Å². The number of piperazine rings is 1. The van der Waals surface area contributed by atoms with Crippen molar-refractivity contribution in [3.63, 3.8) is 0 Å². The van der Waals surface area contributed by atoms with Crippen LogP contribution in [0.1, 0.15) is 35.0 Å². The van der Waals surface area contributed by atoms with Gasteiger partial charge in [0.25, 0.3) is 5.91 Å². The van der Waals surface area contributed by atoms with E-state index in [4.69, 9.17) is 9.47 Å². The first kappa shape index (κ1) is 20.1. The maximum absolute atomic E-state index is 13.3. The molecule has 8 nitrogen and oxygen atoms in total. The van der Waals surface area contributed by atoms with E-state index < -0.39 is 5.79 Å². The SMILES string of the molecule is CCN1CCN(c2ncnc3sc(C(=O)N4CCC5(CC4)OCCO5)c(C)c23)CC1. The molecule has 3 aliphatic rings. The molecule has 0 atom stereocenters. The lowest BCUT2D eigenvalue weighted by Crippen LogP contribution is -2.47. The summed E-state index contributed by atoms with van der Waals surface area (Å²) in [5, 5.41) is 1.03. The molecule has 9 heteroatoms. The number of anilines is 1. The predicted molar refractivity (Wildman–Crippen MR) is 116 cm³/mol. The summed E-state index contributed by atoms with van der Waals surface area (Å²) >= 11 is 1.49. The molecular weight excluding hydrogens is 402 g/mol. The van der Waals surface area contributed by atoms with Crippen molar-refractivity contribution in [2.75, 3.05) is 63.9 Å². The highest BCUT2D eigenvalue weighted by molar-refractivity contribution is 7.20. The van der Waals surface area contributed by atoms with E-state index in [2.05, 4.69) is 26.7 Å². The van der Waals surface area contributed by atoms with Crippen molar-refractivity contribution in [1.29, 1.82) is 0 Å². The minimum Gasteiger partial charge on any atom is -0.353 e. The summed E-state index contributed by atoms with van der Waals surface area (Å²) in [7, 11) is 0. The molecule has 0 aromatic carbocycles. The molecule has 0 bridgehead atoms. The standard InChI is InChI=1S/C21H29N5O3S/c1-3-24-8-10-25(11-9-24)18-16-15(2)17(30-19(16)23-14-22-18)20(27)26-6-4-21(5-7-26)28-12-13-29-21/h14H,3-13H2,1-2H3. The van der Waals surface area contributed by atoms with Gasteiger partial charge >= 0.3 is 0 Å². The molecule has 2 aromatic rings. The Morgan fingerprint density at radius 2 is 1.80 bits per heavy atom. The van der Waals surface area contributed by atoms with Crippen molar-refractivity contribution >= 4 is 33.3 Å². The van der Waals surface area contributed by atoms with Gasteiger partial charge < -0.3 is 24.2 Å². The van der Waals surface area contributed by atoms with Crippen LogP contribution in [0.5, 0.6) is 0 Å². The summed E-state index contributed by atoms with van der Waals surface area (Å²) in [5.41, 5.74) is 1.00. The van der Waals surface area contributed by atoms with Crippen molar-refractivity contribution in [1.82, 2.24) is 19.8 Å². The maximum atomic E-state index is 13.3. The van der Waals surface area contributed by atoms with Crippen LogP contribution in [-0.2, 0) is 9.47 Å². The van der Waals surface area contributed by atoms with E-state index in [1.807, 2.05) is 11.8 Å². The highest BCUT2D eigenvalue weighted by Crippen LogP contribution is 2.37. The van der Waals surface area contributed by atoms with E-state index in [-0.39, 0.29) is 5.91 Å². The summed E-state index contributed by atoms with van der Waals surface area (Å²) in [6, 6.07) is 0. The first-order chi connectivity index (χ1) is 14.6. The number of rotatable bonds is 3. The summed E-state index contributed by atoms with van der Waals surface area (Å²) in [6.07, 6.45) is 3.10. The maximum Gasteiger partial charge on any atom is 0.264 e. The summed E-state index contributed by atoms with van der Waals surface area (Å²) in [4.78, 5) is 30.9. The zero-order valence-corrected chi connectivity index (χ0v) is 18.5. The molecule has 30 heavy (non-hydrogen) atoms. The van der Waals surface area contributed by atoms with E-state index in [1.54, 1.807) is 6.33 Å². The van der Waals surface area contributed by atoms with Gasteiger partial charge in [-0.2, -0.15) is 0 Å². The van der Waals surface area contributed by atoms with Crippen LogP contribution in [0.2, 0.25) is 0 Å². The fraction of sp³-hybridized carbons (Fsp3) is 0.667. The molecule has 0 aliphatic carbocycles. The molecule has 3 saturated heterocycles. The lowest BCUT2D eigenvalue weighted by atomic mass is 10.0. The average molecular weight is 432 g/mol.